The SMILES string of the molecule is CCCC1(C(=O)Nc2ccc(OC)c(Br)c2)CCNCC1. The Morgan fingerprint density at radius 1 is 1.43 bits per heavy atom. The van der Waals surface area contributed by atoms with E-state index in [-0.39, 0.29) is 11.3 Å². The first-order chi connectivity index (χ1) is 10.1. The minimum atomic E-state index is -0.230. The minimum absolute atomic E-state index is 0.142. The van der Waals surface area contributed by atoms with Crippen molar-refractivity contribution in [1.82, 2.24) is 5.32 Å². The third-order valence-corrected chi connectivity index (χ3v) is 4.80. The summed E-state index contributed by atoms with van der Waals surface area (Å²) >= 11 is 3.45. The molecule has 5 heteroatoms. The van der Waals surface area contributed by atoms with Gasteiger partial charge in [0, 0.05) is 5.69 Å². The average molecular weight is 355 g/mol. The Hall–Kier alpha value is -1.07. The molecular weight excluding hydrogens is 332 g/mol. The average Bonchev–Trinajstić information content (AvgIpc) is 2.48. The largest absolute Gasteiger partial charge is 0.496 e. The number of anilines is 1. The molecule has 1 aromatic rings. The van der Waals surface area contributed by atoms with E-state index in [1.165, 1.54) is 0 Å². The fraction of sp³-hybridized carbons (Fsp3) is 0.562. The first-order valence-electron chi connectivity index (χ1n) is 7.47. The molecule has 0 unspecified atom stereocenters. The van der Waals surface area contributed by atoms with Gasteiger partial charge in [-0.3, -0.25) is 4.79 Å². The van der Waals surface area contributed by atoms with Crippen LogP contribution in [0.3, 0.4) is 0 Å². The highest BCUT2D eigenvalue weighted by atomic mass is 79.9. The van der Waals surface area contributed by atoms with E-state index in [0.717, 1.165) is 54.7 Å². The van der Waals surface area contributed by atoms with Gasteiger partial charge >= 0.3 is 0 Å². The maximum atomic E-state index is 12.8. The van der Waals surface area contributed by atoms with Crippen molar-refractivity contribution in [1.29, 1.82) is 0 Å². The van der Waals surface area contributed by atoms with Gasteiger partial charge in [-0.2, -0.15) is 0 Å². The molecular formula is C16H23BrN2O2. The molecule has 1 saturated heterocycles. The molecule has 21 heavy (non-hydrogen) atoms. The van der Waals surface area contributed by atoms with Gasteiger partial charge in [-0.1, -0.05) is 13.3 Å². The quantitative estimate of drug-likeness (QED) is 0.849. The minimum Gasteiger partial charge on any atom is -0.496 e. The third kappa shape index (κ3) is 3.77. The second kappa shape index (κ2) is 7.27. The maximum absolute atomic E-state index is 12.8. The second-order valence-corrected chi connectivity index (χ2v) is 6.44. The molecule has 4 nitrogen and oxygen atoms in total. The first-order valence-corrected chi connectivity index (χ1v) is 8.26. The van der Waals surface area contributed by atoms with E-state index in [1.807, 2.05) is 18.2 Å². The fourth-order valence-electron chi connectivity index (χ4n) is 2.98. The van der Waals surface area contributed by atoms with Crippen LogP contribution in [-0.2, 0) is 4.79 Å². The van der Waals surface area contributed by atoms with Crippen molar-refractivity contribution in [3.8, 4) is 5.75 Å². The highest BCUT2D eigenvalue weighted by Gasteiger charge is 2.38. The maximum Gasteiger partial charge on any atom is 0.230 e. The molecule has 1 aliphatic heterocycles. The number of amides is 1. The zero-order valence-electron chi connectivity index (χ0n) is 12.7. The van der Waals surface area contributed by atoms with Gasteiger partial charge in [0.2, 0.25) is 5.91 Å². The van der Waals surface area contributed by atoms with Crippen LogP contribution in [0.4, 0.5) is 5.69 Å². The number of nitrogens with one attached hydrogen (secondary N) is 2. The Labute approximate surface area is 134 Å². The Kier molecular flexibility index (Phi) is 5.65. The smallest absolute Gasteiger partial charge is 0.230 e. The van der Waals surface area contributed by atoms with Gasteiger partial charge in [0.1, 0.15) is 5.75 Å². The summed E-state index contributed by atoms with van der Waals surface area (Å²) in [5.41, 5.74) is 0.577. The lowest BCUT2D eigenvalue weighted by atomic mass is 9.74. The summed E-state index contributed by atoms with van der Waals surface area (Å²) < 4.78 is 6.06. The fourth-order valence-corrected chi connectivity index (χ4v) is 3.52. The highest BCUT2D eigenvalue weighted by molar-refractivity contribution is 9.10. The molecule has 0 radical (unpaired) electrons. The van der Waals surface area contributed by atoms with Crippen molar-refractivity contribution >= 4 is 27.5 Å². The van der Waals surface area contributed by atoms with Crippen LogP contribution in [-0.4, -0.2) is 26.1 Å². The zero-order valence-corrected chi connectivity index (χ0v) is 14.3. The lowest BCUT2D eigenvalue weighted by molar-refractivity contribution is -0.127. The summed E-state index contributed by atoms with van der Waals surface area (Å²) in [5, 5.41) is 6.41. The summed E-state index contributed by atoms with van der Waals surface area (Å²) in [6.07, 6.45) is 3.78. The number of halogens is 1. The third-order valence-electron chi connectivity index (χ3n) is 4.18. The summed E-state index contributed by atoms with van der Waals surface area (Å²) in [6, 6.07) is 5.62. The molecule has 0 bridgehead atoms. The Bertz CT molecular complexity index is 494. The summed E-state index contributed by atoms with van der Waals surface area (Å²) in [4.78, 5) is 12.8. The molecule has 1 aromatic carbocycles. The van der Waals surface area contributed by atoms with Crippen molar-refractivity contribution in [2.75, 3.05) is 25.5 Å². The molecule has 0 aromatic heterocycles. The van der Waals surface area contributed by atoms with Crippen LogP contribution in [0.15, 0.2) is 22.7 Å². The van der Waals surface area contributed by atoms with Crippen LogP contribution in [0, 0.1) is 5.41 Å². The van der Waals surface area contributed by atoms with Gasteiger partial charge in [-0.05, 0) is 66.5 Å². The Morgan fingerprint density at radius 2 is 2.14 bits per heavy atom. The summed E-state index contributed by atoms with van der Waals surface area (Å²) in [6.45, 7) is 3.97. The molecule has 1 amide bonds. The Balaban J connectivity index is 2.13. The topological polar surface area (TPSA) is 50.4 Å². The van der Waals surface area contributed by atoms with E-state index < -0.39 is 0 Å². The molecule has 0 atom stereocenters. The molecule has 2 N–H and O–H groups in total. The van der Waals surface area contributed by atoms with Crippen LogP contribution < -0.4 is 15.4 Å². The lowest BCUT2D eigenvalue weighted by Crippen LogP contribution is -2.44. The van der Waals surface area contributed by atoms with Crippen molar-refractivity contribution in [2.45, 2.75) is 32.6 Å². The van der Waals surface area contributed by atoms with E-state index in [0.29, 0.717) is 0 Å². The van der Waals surface area contributed by atoms with Crippen molar-refractivity contribution < 1.29 is 9.53 Å². The first kappa shape index (κ1) is 16.3. The van der Waals surface area contributed by atoms with Gasteiger partial charge in [0.05, 0.1) is 17.0 Å². The van der Waals surface area contributed by atoms with Crippen LogP contribution in [0.2, 0.25) is 0 Å². The predicted molar refractivity (Wildman–Crippen MR) is 88.8 cm³/mol. The molecule has 1 heterocycles. The molecule has 2 rings (SSSR count). The Morgan fingerprint density at radius 3 is 2.71 bits per heavy atom. The number of rotatable bonds is 5. The number of hydrogen-bond acceptors (Lipinski definition) is 3. The van der Waals surface area contributed by atoms with E-state index >= 15 is 0 Å². The van der Waals surface area contributed by atoms with E-state index in [2.05, 4.69) is 33.5 Å². The monoisotopic (exact) mass is 354 g/mol. The summed E-state index contributed by atoms with van der Waals surface area (Å²) in [7, 11) is 1.63. The number of carbonyl (C=O) groups is 1. The molecule has 0 saturated carbocycles. The van der Waals surface area contributed by atoms with Gasteiger partial charge < -0.3 is 15.4 Å². The molecule has 1 fully saturated rings. The van der Waals surface area contributed by atoms with Crippen LogP contribution >= 0.6 is 15.9 Å². The predicted octanol–water partition coefficient (Wildman–Crippen LogP) is 3.57. The molecule has 116 valence electrons. The number of piperidine rings is 1. The molecule has 0 aliphatic carbocycles. The zero-order chi connectivity index (χ0) is 15.3. The van der Waals surface area contributed by atoms with E-state index in [1.54, 1.807) is 7.11 Å². The van der Waals surface area contributed by atoms with Crippen molar-refractivity contribution in [2.24, 2.45) is 5.41 Å². The van der Waals surface area contributed by atoms with Crippen LogP contribution in [0.25, 0.3) is 0 Å². The van der Waals surface area contributed by atoms with Crippen LogP contribution in [0.1, 0.15) is 32.6 Å². The normalized spacial score (nSPS) is 17.3. The number of methoxy groups -OCH3 is 1. The van der Waals surface area contributed by atoms with E-state index in [4.69, 9.17) is 4.74 Å². The number of benzene rings is 1. The number of ether oxygens (including phenoxy) is 1. The molecule has 0 spiro atoms. The number of hydrogen-bond donors (Lipinski definition) is 2. The van der Waals surface area contributed by atoms with Crippen LogP contribution in [0.5, 0.6) is 5.75 Å². The van der Waals surface area contributed by atoms with Gasteiger partial charge in [-0.15, -0.1) is 0 Å². The number of carbonyl (C=O) groups excluding carboxylic acids is 1. The lowest BCUT2D eigenvalue weighted by Gasteiger charge is -2.36. The highest BCUT2D eigenvalue weighted by Crippen LogP contribution is 2.36. The second-order valence-electron chi connectivity index (χ2n) is 5.58. The van der Waals surface area contributed by atoms with E-state index in [9.17, 15) is 4.79 Å². The van der Waals surface area contributed by atoms with Crippen molar-refractivity contribution in [3.63, 3.8) is 0 Å². The molecule has 1 aliphatic rings. The van der Waals surface area contributed by atoms with Crippen molar-refractivity contribution in [3.05, 3.63) is 22.7 Å². The van der Waals surface area contributed by atoms with Gasteiger partial charge in [0.15, 0.2) is 0 Å². The van der Waals surface area contributed by atoms with Gasteiger partial charge in [-0.25, -0.2) is 0 Å². The summed E-state index contributed by atoms with van der Waals surface area (Å²) in [5.74, 6) is 0.904. The standard InChI is InChI=1S/C16H23BrN2O2/c1-3-6-16(7-9-18-10-8-16)15(20)19-12-4-5-14(21-2)13(17)11-12/h4-5,11,18H,3,6-10H2,1-2H3,(H,19,20). The van der Waals surface area contributed by atoms with Gasteiger partial charge in [0.25, 0.3) is 0 Å².